The zero-order valence-electron chi connectivity index (χ0n) is 11.1. The maximum atomic E-state index is 11.5. The van der Waals surface area contributed by atoms with Crippen LogP contribution in [-0.2, 0) is 9.53 Å². The van der Waals surface area contributed by atoms with Crippen molar-refractivity contribution in [1.82, 2.24) is 5.32 Å². The van der Waals surface area contributed by atoms with Crippen LogP contribution < -0.4 is 5.32 Å². The van der Waals surface area contributed by atoms with Crippen molar-refractivity contribution in [3.63, 3.8) is 0 Å². The van der Waals surface area contributed by atoms with Crippen molar-refractivity contribution in [3.05, 3.63) is 12.2 Å². The normalized spacial score (nSPS) is 21.9. The molecule has 1 atom stereocenters. The summed E-state index contributed by atoms with van der Waals surface area (Å²) in [5, 5.41) is 11.4. The number of amides is 1. The van der Waals surface area contributed by atoms with E-state index in [0.29, 0.717) is 6.54 Å². The highest BCUT2D eigenvalue weighted by molar-refractivity contribution is 5.77. The van der Waals surface area contributed by atoms with Gasteiger partial charge in [-0.2, -0.15) is 0 Å². The number of carbonyl (C=O) groups is 1. The zero-order chi connectivity index (χ0) is 13.1. The second-order valence-corrected chi connectivity index (χ2v) is 4.69. The monoisotopic (exact) mass is 255 g/mol. The molecule has 0 saturated carbocycles. The van der Waals surface area contributed by atoms with Gasteiger partial charge in [0.15, 0.2) is 0 Å². The Balaban J connectivity index is 2.07. The predicted octanol–water partition coefficient (Wildman–Crippen LogP) is 1.78. The molecule has 0 fully saturated rings. The standard InChI is InChI=1S/C14H25NO3/c16-11-7-6-10-15-14(17)12-18-13-8-4-2-1-3-5-9-13/h1-2,13,16H,3-12H2,(H,15,17)/b2-1+. The van der Waals surface area contributed by atoms with Crippen LogP contribution in [0.2, 0.25) is 0 Å². The molecule has 18 heavy (non-hydrogen) atoms. The van der Waals surface area contributed by atoms with Gasteiger partial charge >= 0.3 is 0 Å². The van der Waals surface area contributed by atoms with Crippen LogP contribution in [0, 0.1) is 0 Å². The van der Waals surface area contributed by atoms with Crippen LogP contribution in [0.4, 0.5) is 0 Å². The van der Waals surface area contributed by atoms with Crippen LogP contribution in [-0.4, -0.2) is 36.9 Å². The first-order valence-electron chi connectivity index (χ1n) is 6.97. The van der Waals surface area contributed by atoms with E-state index in [1.807, 2.05) is 0 Å². The number of ether oxygens (including phenoxy) is 1. The van der Waals surface area contributed by atoms with E-state index in [1.54, 1.807) is 0 Å². The van der Waals surface area contributed by atoms with Crippen molar-refractivity contribution in [2.75, 3.05) is 19.8 Å². The molecule has 4 heteroatoms. The largest absolute Gasteiger partial charge is 0.396 e. The van der Waals surface area contributed by atoms with Gasteiger partial charge in [0.1, 0.15) is 6.61 Å². The fourth-order valence-corrected chi connectivity index (χ4v) is 2.00. The lowest BCUT2D eigenvalue weighted by Gasteiger charge is -2.18. The van der Waals surface area contributed by atoms with Crippen LogP contribution in [0.5, 0.6) is 0 Å². The first-order valence-corrected chi connectivity index (χ1v) is 6.97. The number of aliphatic hydroxyl groups excluding tert-OH is 1. The summed E-state index contributed by atoms with van der Waals surface area (Å²) in [7, 11) is 0. The molecule has 0 heterocycles. The second-order valence-electron chi connectivity index (χ2n) is 4.69. The molecule has 0 bridgehead atoms. The third-order valence-electron chi connectivity index (χ3n) is 3.08. The van der Waals surface area contributed by atoms with E-state index in [2.05, 4.69) is 17.5 Å². The molecule has 4 nitrogen and oxygen atoms in total. The number of nitrogens with one attached hydrogen (secondary N) is 1. The van der Waals surface area contributed by atoms with Crippen molar-refractivity contribution in [2.45, 2.75) is 51.0 Å². The zero-order valence-corrected chi connectivity index (χ0v) is 11.1. The van der Waals surface area contributed by atoms with E-state index < -0.39 is 0 Å². The van der Waals surface area contributed by atoms with E-state index in [1.165, 1.54) is 0 Å². The molecule has 0 aromatic heterocycles. The molecule has 1 unspecified atom stereocenters. The van der Waals surface area contributed by atoms with Gasteiger partial charge in [0, 0.05) is 13.2 Å². The van der Waals surface area contributed by atoms with E-state index in [-0.39, 0.29) is 25.2 Å². The van der Waals surface area contributed by atoms with Gasteiger partial charge in [-0.05, 0) is 44.9 Å². The number of unbranched alkanes of at least 4 members (excludes halogenated alkanes) is 1. The lowest BCUT2D eigenvalue weighted by Crippen LogP contribution is -2.30. The molecule has 0 spiro atoms. The molecular formula is C14H25NO3. The molecule has 1 aliphatic carbocycles. The molecule has 104 valence electrons. The Labute approximate surface area is 109 Å². The second kappa shape index (κ2) is 10.1. The maximum absolute atomic E-state index is 11.5. The predicted molar refractivity (Wildman–Crippen MR) is 71.3 cm³/mol. The first kappa shape index (κ1) is 15.2. The number of hydrogen-bond acceptors (Lipinski definition) is 3. The Kier molecular flexibility index (Phi) is 8.51. The number of carbonyl (C=O) groups excluding carboxylic acids is 1. The van der Waals surface area contributed by atoms with Gasteiger partial charge < -0.3 is 15.2 Å². The smallest absolute Gasteiger partial charge is 0.246 e. The van der Waals surface area contributed by atoms with Gasteiger partial charge in [0.05, 0.1) is 6.10 Å². The van der Waals surface area contributed by atoms with Gasteiger partial charge in [0.25, 0.3) is 0 Å². The average molecular weight is 255 g/mol. The minimum absolute atomic E-state index is 0.0504. The molecular weight excluding hydrogens is 230 g/mol. The quantitative estimate of drug-likeness (QED) is 0.538. The van der Waals surface area contributed by atoms with Crippen LogP contribution >= 0.6 is 0 Å². The van der Waals surface area contributed by atoms with E-state index in [4.69, 9.17) is 9.84 Å². The molecule has 0 aromatic carbocycles. The lowest BCUT2D eigenvalue weighted by atomic mass is 10.0. The molecule has 0 aromatic rings. The molecule has 0 radical (unpaired) electrons. The van der Waals surface area contributed by atoms with E-state index in [0.717, 1.165) is 44.9 Å². The summed E-state index contributed by atoms with van der Waals surface area (Å²) in [6.07, 6.45) is 11.5. The maximum Gasteiger partial charge on any atom is 0.246 e. The van der Waals surface area contributed by atoms with Gasteiger partial charge in [-0.25, -0.2) is 0 Å². The lowest BCUT2D eigenvalue weighted by molar-refractivity contribution is -0.128. The summed E-state index contributed by atoms with van der Waals surface area (Å²) >= 11 is 0. The molecule has 1 amide bonds. The highest BCUT2D eigenvalue weighted by Crippen LogP contribution is 2.15. The van der Waals surface area contributed by atoms with Crippen molar-refractivity contribution < 1.29 is 14.6 Å². The summed E-state index contributed by atoms with van der Waals surface area (Å²) in [5.41, 5.74) is 0. The molecule has 0 aliphatic heterocycles. The minimum Gasteiger partial charge on any atom is -0.396 e. The highest BCUT2D eigenvalue weighted by atomic mass is 16.5. The van der Waals surface area contributed by atoms with Gasteiger partial charge in [-0.1, -0.05) is 12.2 Å². The van der Waals surface area contributed by atoms with Crippen LogP contribution in [0.3, 0.4) is 0 Å². The van der Waals surface area contributed by atoms with E-state index in [9.17, 15) is 4.79 Å². The molecule has 2 N–H and O–H groups in total. The number of allylic oxidation sites excluding steroid dienone is 2. The third kappa shape index (κ3) is 7.45. The topological polar surface area (TPSA) is 58.6 Å². The molecule has 0 saturated heterocycles. The molecule has 1 rings (SSSR count). The number of rotatable bonds is 7. The van der Waals surface area contributed by atoms with Gasteiger partial charge in [0.2, 0.25) is 5.91 Å². The van der Waals surface area contributed by atoms with Crippen molar-refractivity contribution in [2.24, 2.45) is 0 Å². The van der Waals surface area contributed by atoms with Gasteiger partial charge in [-0.3, -0.25) is 4.79 Å². The first-order chi connectivity index (χ1) is 8.83. The van der Waals surface area contributed by atoms with Crippen LogP contribution in [0.25, 0.3) is 0 Å². The fraction of sp³-hybridized carbons (Fsp3) is 0.786. The highest BCUT2D eigenvalue weighted by Gasteiger charge is 2.11. The summed E-state index contributed by atoms with van der Waals surface area (Å²) in [6, 6.07) is 0. The van der Waals surface area contributed by atoms with Crippen LogP contribution in [0.15, 0.2) is 12.2 Å². The van der Waals surface area contributed by atoms with Crippen LogP contribution in [0.1, 0.15) is 44.9 Å². The minimum atomic E-state index is -0.0504. The Morgan fingerprint density at radius 3 is 2.94 bits per heavy atom. The third-order valence-corrected chi connectivity index (χ3v) is 3.08. The fourth-order valence-electron chi connectivity index (χ4n) is 2.00. The summed E-state index contributed by atoms with van der Waals surface area (Å²) < 4.78 is 5.64. The average Bonchev–Trinajstić information content (AvgIpc) is 2.33. The number of hydrogen-bond donors (Lipinski definition) is 2. The molecule has 1 aliphatic rings. The Morgan fingerprint density at radius 2 is 2.11 bits per heavy atom. The summed E-state index contributed by atoms with van der Waals surface area (Å²) in [4.78, 5) is 11.5. The number of aliphatic hydroxyl groups is 1. The Hall–Kier alpha value is -0.870. The van der Waals surface area contributed by atoms with Crippen molar-refractivity contribution in [3.8, 4) is 0 Å². The summed E-state index contributed by atoms with van der Waals surface area (Å²) in [6.45, 7) is 0.964. The summed E-state index contributed by atoms with van der Waals surface area (Å²) in [5.74, 6) is -0.0504. The Morgan fingerprint density at radius 1 is 1.28 bits per heavy atom. The van der Waals surface area contributed by atoms with Gasteiger partial charge in [-0.15, -0.1) is 0 Å². The van der Waals surface area contributed by atoms with E-state index >= 15 is 0 Å². The van der Waals surface area contributed by atoms with Crippen molar-refractivity contribution >= 4 is 5.91 Å². The van der Waals surface area contributed by atoms with Crippen molar-refractivity contribution in [1.29, 1.82) is 0 Å². The Bertz CT molecular complexity index is 253. The SMILES string of the molecule is O=C(COC1CC/C=C/CCC1)NCCCCO.